The van der Waals surface area contributed by atoms with Gasteiger partial charge in [-0.25, -0.2) is 4.79 Å². The van der Waals surface area contributed by atoms with Crippen molar-refractivity contribution in [2.75, 3.05) is 0 Å². The lowest BCUT2D eigenvalue weighted by atomic mass is 10.1. The van der Waals surface area contributed by atoms with Gasteiger partial charge in [-0.2, -0.15) is 5.26 Å². The van der Waals surface area contributed by atoms with Gasteiger partial charge in [0, 0.05) is 4.47 Å². The lowest BCUT2D eigenvalue weighted by Crippen LogP contribution is -2.05. The summed E-state index contributed by atoms with van der Waals surface area (Å²) in [7, 11) is 0. The lowest BCUT2D eigenvalue weighted by Gasteiger charge is -2.07. The molecule has 0 amide bonds. The molecule has 5 heteroatoms. The topological polar surface area (TPSA) is 70.3 Å². The monoisotopic (exact) mass is 331 g/mol. The van der Waals surface area contributed by atoms with Gasteiger partial charge in [0.15, 0.2) is 0 Å². The summed E-state index contributed by atoms with van der Waals surface area (Å²) >= 11 is 3.23. The van der Waals surface area contributed by atoms with Crippen LogP contribution in [0.1, 0.15) is 21.5 Å². The lowest BCUT2D eigenvalue weighted by molar-refractivity contribution is 0.0469. The van der Waals surface area contributed by atoms with Crippen LogP contribution in [-0.4, -0.2) is 11.1 Å². The fraction of sp³-hybridized carbons (Fsp3) is 0.0667. The molecule has 2 aromatic rings. The zero-order chi connectivity index (χ0) is 14.5. The van der Waals surface area contributed by atoms with E-state index in [0.717, 1.165) is 5.56 Å². The average Bonchev–Trinajstić information content (AvgIpc) is 2.47. The van der Waals surface area contributed by atoms with Crippen LogP contribution < -0.4 is 0 Å². The molecular formula is C15H10BrNO3. The minimum absolute atomic E-state index is 0.0799. The maximum atomic E-state index is 11.9. The second-order valence-electron chi connectivity index (χ2n) is 4.05. The molecular weight excluding hydrogens is 322 g/mol. The maximum absolute atomic E-state index is 11.9. The number of hydrogen-bond donors (Lipinski definition) is 1. The third kappa shape index (κ3) is 3.37. The van der Waals surface area contributed by atoms with Crippen LogP contribution >= 0.6 is 15.9 Å². The predicted octanol–water partition coefficient (Wildman–Crippen LogP) is 3.38. The van der Waals surface area contributed by atoms with Crippen molar-refractivity contribution in [3.63, 3.8) is 0 Å². The smallest absolute Gasteiger partial charge is 0.342 e. The Bertz CT molecular complexity index is 675. The summed E-state index contributed by atoms with van der Waals surface area (Å²) in [6, 6.07) is 13.3. The van der Waals surface area contributed by atoms with Crippen molar-refractivity contribution >= 4 is 21.9 Å². The zero-order valence-corrected chi connectivity index (χ0v) is 11.9. The first-order valence-electron chi connectivity index (χ1n) is 5.75. The summed E-state index contributed by atoms with van der Waals surface area (Å²) in [6.45, 7) is 0.0799. The van der Waals surface area contributed by atoms with Crippen LogP contribution in [0.3, 0.4) is 0 Å². The molecule has 0 radical (unpaired) electrons. The highest BCUT2D eigenvalue weighted by Gasteiger charge is 2.13. The van der Waals surface area contributed by atoms with Gasteiger partial charge >= 0.3 is 5.97 Å². The standard InChI is InChI=1S/C15H10BrNO3/c16-12-5-6-14(18)13(7-12)15(19)20-9-11-3-1-10(8-17)2-4-11/h1-7,18H,9H2. The molecule has 0 saturated heterocycles. The van der Waals surface area contributed by atoms with Crippen LogP contribution in [0.25, 0.3) is 0 Å². The average molecular weight is 332 g/mol. The predicted molar refractivity (Wildman–Crippen MR) is 76.1 cm³/mol. The fourth-order valence-corrected chi connectivity index (χ4v) is 1.93. The second-order valence-corrected chi connectivity index (χ2v) is 4.96. The molecule has 0 unspecified atom stereocenters. The molecule has 0 bridgehead atoms. The number of phenols is 1. The minimum Gasteiger partial charge on any atom is -0.507 e. The van der Waals surface area contributed by atoms with Crippen LogP contribution in [0.4, 0.5) is 0 Å². The maximum Gasteiger partial charge on any atom is 0.342 e. The van der Waals surface area contributed by atoms with Crippen molar-refractivity contribution in [2.24, 2.45) is 0 Å². The van der Waals surface area contributed by atoms with Gasteiger partial charge in [-0.15, -0.1) is 0 Å². The molecule has 0 heterocycles. The van der Waals surface area contributed by atoms with E-state index >= 15 is 0 Å². The van der Waals surface area contributed by atoms with E-state index < -0.39 is 5.97 Å². The van der Waals surface area contributed by atoms with Gasteiger partial charge < -0.3 is 9.84 Å². The molecule has 0 fully saturated rings. The first-order chi connectivity index (χ1) is 9.60. The number of carbonyl (C=O) groups excluding carboxylic acids is 1. The summed E-state index contributed by atoms with van der Waals surface area (Å²) in [5, 5.41) is 18.3. The molecule has 0 atom stereocenters. The fourth-order valence-electron chi connectivity index (χ4n) is 1.57. The van der Waals surface area contributed by atoms with Gasteiger partial charge in [0.1, 0.15) is 17.9 Å². The molecule has 0 aliphatic carbocycles. The number of rotatable bonds is 3. The summed E-state index contributed by atoms with van der Waals surface area (Å²) in [5.41, 5.74) is 1.42. The number of halogens is 1. The third-order valence-corrected chi connectivity index (χ3v) is 3.12. The Labute approximate surface area is 124 Å². The van der Waals surface area contributed by atoms with E-state index in [4.69, 9.17) is 10.00 Å². The summed E-state index contributed by atoms with van der Waals surface area (Å²) < 4.78 is 5.80. The molecule has 0 saturated carbocycles. The Kier molecular flexibility index (Phi) is 4.38. The molecule has 20 heavy (non-hydrogen) atoms. The van der Waals surface area contributed by atoms with Gasteiger partial charge in [0.05, 0.1) is 11.6 Å². The first-order valence-corrected chi connectivity index (χ1v) is 6.54. The van der Waals surface area contributed by atoms with Crippen molar-refractivity contribution in [1.29, 1.82) is 5.26 Å². The summed E-state index contributed by atoms with van der Waals surface area (Å²) in [4.78, 5) is 11.9. The number of carbonyl (C=O) groups is 1. The number of ether oxygens (including phenoxy) is 1. The Morgan fingerprint density at radius 3 is 2.60 bits per heavy atom. The highest BCUT2D eigenvalue weighted by Crippen LogP contribution is 2.22. The second kappa shape index (κ2) is 6.22. The van der Waals surface area contributed by atoms with Crippen LogP contribution in [0.15, 0.2) is 46.9 Å². The summed E-state index contributed by atoms with van der Waals surface area (Å²) in [6.07, 6.45) is 0. The van der Waals surface area contributed by atoms with E-state index in [2.05, 4.69) is 15.9 Å². The zero-order valence-electron chi connectivity index (χ0n) is 10.3. The Balaban J connectivity index is 2.04. The van der Waals surface area contributed by atoms with E-state index in [1.165, 1.54) is 12.1 Å². The molecule has 0 spiro atoms. The number of esters is 1. The van der Waals surface area contributed by atoms with Gasteiger partial charge in [-0.3, -0.25) is 0 Å². The molecule has 4 nitrogen and oxygen atoms in total. The Morgan fingerprint density at radius 1 is 1.25 bits per heavy atom. The van der Waals surface area contributed by atoms with E-state index in [0.29, 0.717) is 10.0 Å². The van der Waals surface area contributed by atoms with E-state index in [9.17, 15) is 9.90 Å². The van der Waals surface area contributed by atoms with Crippen molar-refractivity contribution in [2.45, 2.75) is 6.61 Å². The summed E-state index contributed by atoms with van der Waals surface area (Å²) in [5.74, 6) is -0.730. The normalized spacial score (nSPS) is 9.80. The highest BCUT2D eigenvalue weighted by molar-refractivity contribution is 9.10. The van der Waals surface area contributed by atoms with E-state index in [1.807, 2.05) is 6.07 Å². The van der Waals surface area contributed by atoms with Crippen LogP contribution in [0.2, 0.25) is 0 Å². The van der Waals surface area contributed by atoms with Crippen LogP contribution in [0.5, 0.6) is 5.75 Å². The molecule has 0 aliphatic rings. The van der Waals surface area contributed by atoms with E-state index in [-0.39, 0.29) is 17.9 Å². The number of aromatic hydroxyl groups is 1. The van der Waals surface area contributed by atoms with Crippen molar-refractivity contribution in [3.8, 4) is 11.8 Å². The molecule has 1 N–H and O–H groups in total. The number of nitrogens with zero attached hydrogens (tertiary/aromatic N) is 1. The van der Waals surface area contributed by atoms with Gasteiger partial charge in [0.2, 0.25) is 0 Å². The molecule has 2 rings (SSSR count). The van der Waals surface area contributed by atoms with Crippen LogP contribution in [-0.2, 0) is 11.3 Å². The highest BCUT2D eigenvalue weighted by atomic mass is 79.9. The van der Waals surface area contributed by atoms with Gasteiger partial charge in [-0.05, 0) is 35.9 Å². The van der Waals surface area contributed by atoms with Crippen LogP contribution in [0, 0.1) is 11.3 Å². The first kappa shape index (κ1) is 14.1. The Morgan fingerprint density at radius 2 is 1.95 bits per heavy atom. The van der Waals surface area contributed by atoms with Crippen molar-refractivity contribution in [3.05, 3.63) is 63.6 Å². The van der Waals surface area contributed by atoms with Crippen molar-refractivity contribution in [1.82, 2.24) is 0 Å². The molecule has 0 aromatic heterocycles. The SMILES string of the molecule is N#Cc1ccc(COC(=O)c2cc(Br)ccc2O)cc1. The third-order valence-electron chi connectivity index (χ3n) is 2.63. The van der Waals surface area contributed by atoms with Gasteiger partial charge in [0.25, 0.3) is 0 Å². The number of benzene rings is 2. The van der Waals surface area contributed by atoms with E-state index in [1.54, 1.807) is 30.3 Å². The molecule has 0 aliphatic heterocycles. The largest absolute Gasteiger partial charge is 0.507 e. The number of hydrogen-bond acceptors (Lipinski definition) is 4. The Hall–Kier alpha value is -2.32. The molecule has 2 aromatic carbocycles. The molecule has 100 valence electrons. The number of nitriles is 1. The van der Waals surface area contributed by atoms with Gasteiger partial charge in [-0.1, -0.05) is 28.1 Å². The minimum atomic E-state index is -0.604. The quantitative estimate of drug-likeness (QED) is 0.875. The van der Waals surface area contributed by atoms with Crippen molar-refractivity contribution < 1.29 is 14.6 Å². The number of phenolic OH excluding ortho intramolecular Hbond substituents is 1.